The summed E-state index contributed by atoms with van der Waals surface area (Å²) in [5, 5.41) is 2.14. The highest BCUT2D eigenvalue weighted by Gasteiger charge is 2.06. The molecule has 1 nitrogen and oxygen atoms in total. The van der Waals surface area contributed by atoms with Crippen LogP contribution in [0.1, 0.15) is 41.8 Å². The van der Waals surface area contributed by atoms with Crippen molar-refractivity contribution in [3.8, 4) is 0 Å². The Hall–Kier alpha value is -1.12. The third-order valence-corrected chi connectivity index (χ3v) is 4.27. The highest BCUT2D eigenvalue weighted by Crippen LogP contribution is 2.19. The Morgan fingerprint density at radius 2 is 1.94 bits per heavy atom. The molecule has 1 aromatic heterocycles. The van der Waals surface area contributed by atoms with Crippen molar-refractivity contribution in [1.82, 2.24) is 0 Å². The van der Waals surface area contributed by atoms with Gasteiger partial charge in [-0.2, -0.15) is 0 Å². The quantitative estimate of drug-likeness (QED) is 0.821. The van der Waals surface area contributed by atoms with Crippen LogP contribution >= 0.6 is 11.3 Å². The second kappa shape index (κ2) is 6.72. The van der Waals surface area contributed by atoms with Crippen molar-refractivity contribution in [2.75, 3.05) is 0 Å². The third kappa shape index (κ3) is 3.69. The average molecular weight is 259 g/mol. The first-order valence-electron chi connectivity index (χ1n) is 6.66. The molecule has 0 aliphatic carbocycles. The van der Waals surface area contributed by atoms with Crippen molar-refractivity contribution < 1.29 is 0 Å². The minimum absolute atomic E-state index is 0.177. The number of thiophene rings is 1. The molecule has 2 heteroatoms. The van der Waals surface area contributed by atoms with Gasteiger partial charge in [-0.05, 0) is 48.3 Å². The standard InChI is InChI=1S/C16H21NS/c1-2-13-8-10-14(11-9-13)16(17)7-3-5-15-6-4-12-18-15/h4,6,8-12,16H,2-3,5,7,17H2,1H3. The van der Waals surface area contributed by atoms with Crippen LogP contribution in [0.15, 0.2) is 41.8 Å². The lowest BCUT2D eigenvalue weighted by atomic mass is 10.00. The van der Waals surface area contributed by atoms with Crippen LogP contribution in [0.3, 0.4) is 0 Å². The largest absolute Gasteiger partial charge is 0.324 e. The maximum atomic E-state index is 6.23. The van der Waals surface area contributed by atoms with Crippen LogP contribution in [0, 0.1) is 0 Å². The number of hydrogen-bond acceptors (Lipinski definition) is 2. The van der Waals surface area contributed by atoms with Gasteiger partial charge in [0, 0.05) is 10.9 Å². The molecule has 0 saturated carbocycles. The van der Waals surface area contributed by atoms with Gasteiger partial charge in [-0.1, -0.05) is 37.3 Å². The molecule has 0 amide bonds. The SMILES string of the molecule is CCc1ccc(C(N)CCCc2cccs2)cc1. The smallest absolute Gasteiger partial charge is 0.0294 e. The van der Waals surface area contributed by atoms with Gasteiger partial charge in [0.25, 0.3) is 0 Å². The first kappa shape index (κ1) is 13.3. The van der Waals surface area contributed by atoms with E-state index in [0.717, 1.165) is 25.7 Å². The highest BCUT2D eigenvalue weighted by atomic mass is 32.1. The molecular weight excluding hydrogens is 238 g/mol. The van der Waals surface area contributed by atoms with E-state index in [4.69, 9.17) is 5.73 Å². The molecule has 0 spiro atoms. The van der Waals surface area contributed by atoms with Gasteiger partial charge in [-0.25, -0.2) is 0 Å². The monoisotopic (exact) mass is 259 g/mol. The van der Waals surface area contributed by atoms with E-state index in [9.17, 15) is 0 Å². The van der Waals surface area contributed by atoms with Gasteiger partial charge in [-0.15, -0.1) is 11.3 Å². The van der Waals surface area contributed by atoms with Gasteiger partial charge >= 0.3 is 0 Å². The molecule has 0 aliphatic heterocycles. The van der Waals surface area contributed by atoms with E-state index in [2.05, 4.69) is 48.7 Å². The summed E-state index contributed by atoms with van der Waals surface area (Å²) in [6.07, 6.45) is 4.47. The Labute approximate surface area is 114 Å². The number of hydrogen-bond donors (Lipinski definition) is 1. The topological polar surface area (TPSA) is 26.0 Å². The van der Waals surface area contributed by atoms with Crippen LogP contribution in [0.4, 0.5) is 0 Å². The lowest BCUT2D eigenvalue weighted by Gasteiger charge is -2.12. The molecule has 96 valence electrons. The molecule has 2 rings (SSSR count). The van der Waals surface area contributed by atoms with E-state index in [0.29, 0.717) is 0 Å². The fourth-order valence-corrected chi connectivity index (χ4v) is 2.87. The molecule has 0 radical (unpaired) electrons. The Morgan fingerprint density at radius 1 is 1.17 bits per heavy atom. The number of rotatable bonds is 6. The lowest BCUT2D eigenvalue weighted by molar-refractivity contribution is 0.613. The fraction of sp³-hybridized carbons (Fsp3) is 0.375. The molecular formula is C16H21NS. The van der Waals surface area contributed by atoms with Crippen molar-refractivity contribution >= 4 is 11.3 Å². The van der Waals surface area contributed by atoms with Crippen LogP contribution in [-0.2, 0) is 12.8 Å². The normalized spacial score (nSPS) is 12.6. The second-order valence-corrected chi connectivity index (χ2v) is 5.71. The maximum absolute atomic E-state index is 6.23. The Kier molecular flexibility index (Phi) is 4.97. The molecule has 2 aromatic rings. The molecule has 1 atom stereocenters. The summed E-state index contributed by atoms with van der Waals surface area (Å²) < 4.78 is 0. The van der Waals surface area contributed by atoms with E-state index in [-0.39, 0.29) is 6.04 Å². The Bertz CT molecular complexity index is 444. The molecule has 1 heterocycles. The van der Waals surface area contributed by atoms with Crippen LogP contribution in [0.25, 0.3) is 0 Å². The zero-order valence-corrected chi connectivity index (χ0v) is 11.7. The summed E-state index contributed by atoms with van der Waals surface area (Å²) in [6, 6.07) is 13.2. The first-order chi connectivity index (χ1) is 8.79. The molecule has 2 N–H and O–H groups in total. The molecule has 0 saturated heterocycles. The van der Waals surface area contributed by atoms with E-state index < -0.39 is 0 Å². The summed E-state index contributed by atoms with van der Waals surface area (Å²) in [7, 11) is 0. The summed E-state index contributed by atoms with van der Waals surface area (Å²) >= 11 is 1.83. The second-order valence-electron chi connectivity index (χ2n) is 4.67. The molecule has 1 aromatic carbocycles. The number of benzene rings is 1. The number of aryl methyl sites for hydroxylation is 2. The number of nitrogens with two attached hydrogens (primary N) is 1. The average Bonchev–Trinajstić information content (AvgIpc) is 2.92. The Balaban J connectivity index is 1.81. The minimum atomic E-state index is 0.177. The van der Waals surface area contributed by atoms with E-state index in [1.54, 1.807) is 0 Å². The van der Waals surface area contributed by atoms with Crippen molar-refractivity contribution in [1.29, 1.82) is 0 Å². The zero-order valence-electron chi connectivity index (χ0n) is 10.9. The molecule has 0 fully saturated rings. The van der Waals surface area contributed by atoms with Gasteiger partial charge in [0.2, 0.25) is 0 Å². The van der Waals surface area contributed by atoms with Crippen LogP contribution in [-0.4, -0.2) is 0 Å². The van der Waals surface area contributed by atoms with Crippen molar-refractivity contribution in [3.63, 3.8) is 0 Å². The summed E-state index contributed by atoms with van der Waals surface area (Å²) in [5.74, 6) is 0. The summed E-state index contributed by atoms with van der Waals surface area (Å²) in [5.41, 5.74) is 8.87. The predicted molar refractivity (Wildman–Crippen MR) is 80.0 cm³/mol. The van der Waals surface area contributed by atoms with Crippen molar-refractivity contribution in [3.05, 3.63) is 57.8 Å². The van der Waals surface area contributed by atoms with E-state index >= 15 is 0 Å². The van der Waals surface area contributed by atoms with Gasteiger partial charge in [0.05, 0.1) is 0 Å². The first-order valence-corrected chi connectivity index (χ1v) is 7.54. The fourth-order valence-electron chi connectivity index (χ4n) is 2.12. The van der Waals surface area contributed by atoms with E-state index in [1.165, 1.54) is 16.0 Å². The van der Waals surface area contributed by atoms with Crippen molar-refractivity contribution in [2.45, 2.75) is 38.6 Å². The van der Waals surface area contributed by atoms with Crippen molar-refractivity contribution in [2.24, 2.45) is 5.73 Å². The van der Waals surface area contributed by atoms with E-state index in [1.807, 2.05) is 11.3 Å². The van der Waals surface area contributed by atoms with Gasteiger partial charge in [-0.3, -0.25) is 0 Å². The maximum Gasteiger partial charge on any atom is 0.0294 e. The Morgan fingerprint density at radius 3 is 2.56 bits per heavy atom. The predicted octanol–water partition coefficient (Wildman–Crippen LogP) is 4.33. The highest BCUT2D eigenvalue weighted by molar-refractivity contribution is 7.09. The summed E-state index contributed by atoms with van der Waals surface area (Å²) in [4.78, 5) is 1.46. The zero-order chi connectivity index (χ0) is 12.8. The molecule has 18 heavy (non-hydrogen) atoms. The molecule has 1 unspecified atom stereocenters. The molecule has 0 bridgehead atoms. The van der Waals surface area contributed by atoms with Crippen LogP contribution in [0.2, 0.25) is 0 Å². The van der Waals surface area contributed by atoms with Crippen LogP contribution in [0.5, 0.6) is 0 Å². The van der Waals surface area contributed by atoms with Gasteiger partial charge in [0.15, 0.2) is 0 Å². The molecule has 0 aliphatic rings. The van der Waals surface area contributed by atoms with Gasteiger partial charge < -0.3 is 5.73 Å². The van der Waals surface area contributed by atoms with Gasteiger partial charge in [0.1, 0.15) is 0 Å². The lowest BCUT2D eigenvalue weighted by Crippen LogP contribution is -2.10. The minimum Gasteiger partial charge on any atom is -0.324 e. The third-order valence-electron chi connectivity index (χ3n) is 3.33. The summed E-state index contributed by atoms with van der Waals surface area (Å²) in [6.45, 7) is 2.18. The van der Waals surface area contributed by atoms with Crippen LogP contribution < -0.4 is 5.73 Å².